The summed E-state index contributed by atoms with van der Waals surface area (Å²) in [5, 5.41) is 11.0. The van der Waals surface area contributed by atoms with Gasteiger partial charge in [-0.25, -0.2) is 5.01 Å². The average Bonchev–Trinajstić information content (AvgIpc) is 2.87. The third-order valence-corrected chi connectivity index (χ3v) is 3.78. The number of hydrazine groups is 1. The molecule has 128 valence electrons. The molecule has 2 N–H and O–H groups in total. The number of hydrogen-bond acceptors (Lipinski definition) is 4. The van der Waals surface area contributed by atoms with E-state index in [2.05, 4.69) is 5.43 Å². The largest absolute Gasteiger partial charge is 0.504 e. The van der Waals surface area contributed by atoms with Crippen LogP contribution in [0.25, 0.3) is 6.08 Å². The molecule has 6 heteroatoms. The maximum absolute atomic E-state index is 12.6. The molecule has 1 fully saturated rings. The monoisotopic (exact) mass is 338 g/mol. The van der Waals surface area contributed by atoms with Crippen molar-refractivity contribution in [2.24, 2.45) is 0 Å². The van der Waals surface area contributed by atoms with Crippen LogP contribution in [0.15, 0.2) is 48.0 Å². The highest BCUT2D eigenvalue weighted by Crippen LogP contribution is 2.29. The van der Waals surface area contributed by atoms with E-state index < -0.39 is 11.8 Å². The van der Waals surface area contributed by atoms with Crippen molar-refractivity contribution in [2.75, 3.05) is 11.6 Å². The summed E-state index contributed by atoms with van der Waals surface area (Å²) in [6.45, 7) is 4.15. The number of phenols is 1. The Labute approximate surface area is 145 Å². The van der Waals surface area contributed by atoms with Crippen molar-refractivity contribution in [3.63, 3.8) is 0 Å². The van der Waals surface area contributed by atoms with Gasteiger partial charge in [-0.15, -0.1) is 0 Å². The number of benzene rings is 2. The second kappa shape index (κ2) is 6.68. The average molecular weight is 338 g/mol. The quantitative estimate of drug-likeness (QED) is 0.663. The van der Waals surface area contributed by atoms with Crippen LogP contribution in [0, 0.1) is 6.92 Å². The van der Waals surface area contributed by atoms with E-state index in [1.54, 1.807) is 31.2 Å². The molecule has 0 atom stereocenters. The number of nitrogens with zero attached hydrogens (tertiary/aromatic N) is 1. The zero-order valence-electron chi connectivity index (χ0n) is 13.9. The van der Waals surface area contributed by atoms with Gasteiger partial charge < -0.3 is 9.84 Å². The SMILES string of the molecule is CCOc1cc(C=C2C(=O)NN(c3ccc(C)cc3)C2=O)ccc1O. The number of anilines is 1. The lowest BCUT2D eigenvalue weighted by molar-refractivity contribution is -0.117. The van der Waals surface area contributed by atoms with Crippen molar-refractivity contribution in [3.8, 4) is 11.5 Å². The third kappa shape index (κ3) is 3.33. The minimum Gasteiger partial charge on any atom is -0.504 e. The molecule has 0 aliphatic carbocycles. The van der Waals surface area contributed by atoms with Gasteiger partial charge in [0.15, 0.2) is 11.5 Å². The topological polar surface area (TPSA) is 78.9 Å². The maximum atomic E-state index is 12.6. The van der Waals surface area contributed by atoms with E-state index in [0.29, 0.717) is 23.6 Å². The van der Waals surface area contributed by atoms with Gasteiger partial charge in [-0.1, -0.05) is 23.8 Å². The van der Waals surface area contributed by atoms with E-state index in [1.807, 2.05) is 19.1 Å². The van der Waals surface area contributed by atoms with Gasteiger partial charge in [0.1, 0.15) is 5.57 Å². The highest BCUT2D eigenvalue weighted by Gasteiger charge is 2.34. The molecule has 0 aromatic heterocycles. The van der Waals surface area contributed by atoms with Gasteiger partial charge in [0, 0.05) is 0 Å². The molecule has 25 heavy (non-hydrogen) atoms. The maximum Gasteiger partial charge on any atom is 0.282 e. The van der Waals surface area contributed by atoms with Gasteiger partial charge in [0.25, 0.3) is 11.8 Å². The molecule has 1 saturated heterocycles. The Morgan fingerprint density at radius 2 is 1.88 bits per heavy atom. The Kier molecular flexibility index (Phi) is 4.43. The molecular weight excluding hydrogens is 320 g/mol. The molecule has 2 aromatic carbocycles. The number of nitrogens with one attached hydrogen (secondary N) is 1. The molecule has 0 bridgehead atoms. The normalized spacial score (nSPS) is 15.6. The highest BCUT2D eigenvalue weighted by atomic mass is 16.5. The summed E-state index contributed by atoms with van der Waals surface area (Å²) < 4.78 is 5.32. The number of aryl methyl sites for hydroxylation is 1. The Morgan fingerprint density at radius 1 is 1.16 bits per heavy atom. The fraction of sp³-hybridized carbons (Fsp3) is 0.158. The van der Waals surface area contributed by atoms with Crippen LogP contribution >= 0.6 is 0 Å². The van der Waals surface area contributed by atoms with Crippen molar-refractivity contribution in [2.45, 2.75) is 13.8 Å². The number of ether oxygens (including phenoxy) is 1. The number of carbonyl (C=O) groups is 2. The summed E-state index contributed by atoms with van der Waals surface area (Å²) in [6.07, 6.45) is 1.48. The summed E-state index contributed by atoms with van der Waals surface area (Å²) in [5.41, 5.74) is 4.82. The van der Waals surface area contributed by atoms with Crippen LogP contribution in [0.3, 0.4) is 0 Å². The molecule has 2 amide bonds. The summed E-state index contributed by atoms with van der Waals surface area (Å²) >= 11 is 0. The number of carbonyl (C=O) groups excluding carboxylic acids is 2. The number of phenolic OH excluding ortho intramolecular Hbond substituents is 1. The van der Waals surface area contributed by atoms with Crippen LogP contribution < -0.4 is 15.2 Å². The minimum atomic E-state index is -0.475. The van der Waals surface area contributed by atoms with Crippen LogP contribution in [-0.4, -0.2) is 23.5 Å². The number of hydrogen-bond donors (Lipinski definition) is 2. The zero-order valence-corrected chi connectivity index (χ0v) is 13.9. The van der Waals surface area contributed by atoms with Crippen LogP contribution in [0.4, 0.5) is 5.69 Å². The van der Waals surface area contributed by atoms with E-state index in [0.717, 1.165) is 5.56 Å². The van der Waals surface area contributed by atoms with Crippen molar-refractivity contribution < 1.29 is 19.4 Å². The molecule has 0 unspecified atom stereocenters. The molecule has 3 rings (SSSR count). The van der Waals surface area contributed by atoms with Crippen molar-refractivity contribution in [3.05, 3.63) is 59.2 Å². The Balaban J connectivity index is 1.91. The smallest absolute Gasteiger partial charge is 0.282 e. The lowest BCUT2D eigenvalue weighted by Gasteiger charge is -2.14. The first-order chi connectivity index (χ1) is 12.0. The van der Waals surface area contributed by atoms with Crippen molar-refractivity contribution in [1.82, 2.24) is 5.43 Å². The molecule has 1 heterocycles. The molecule has 1 aliphatic heterocycles. The highest BCUT2D eigenvalue weighted by molar-refractivity contribution is 6.31. The van der Waals surface area contributed by atoms with E-state index in [1.165, 1.54) is 17.2 Å². The van der Waals surface area contributed by atoms with Gasteiger partial charge in [0.2, 0.25) is 0 Å². The Morgan fingerprint density at radius 3 is 2.56 bits per heavy atom. The summed E-state index contributed by atoms with van der Waals surface area (Å²) in [7, 11) is 0. The molecule has 0 radical (unpaired) electrons. The first kappa shape index (κ1) is 16.6. The van der Waals surface area contributed by atoms with Crippen LogP contribution in [-0.2, 0) is 9.59 Å². The summed E-state index contributed by atoms with van der Waals surface area (Å²) in [4.78, 5) is 24.8. The molecular formula is C19H18N2O4. The minimum absolute atomic E-state index is 0.00693. The van der Waals surface area contributed by atoms with E-state index >= 15 is 0 Å². The van der Waals surface area contributed by atoms with Gasteiger partial charge >= 0.3 is 0 Å². The van der Waals surface area contributed by atoms with Gasteiger partial charge in [0.05, 0.1) is 12.3 Å². The first-order valence-corrected chi connectivity index (χ1v) is 7.89. The second-order valence-electron chi connectivity index (χ2n) is 5.64. The number of amides is 2. The van der Waals surface area contributed by atoms with Crippen LogP contribution in [0.5, 0.6) is 11.5 Å². The number of rotatable bonds is 4. The first-order valence-electron chi connectivity index (χ1n) is 7.89. The molecule has 1 aliphatic rings. The van der Waals surface area contributed by atoms with Gasteiger partial charge in [-0.3, -0.25) is 15.0 Å². The molecule has 2 aromatic rings. The van der Waals surface area contributed by atoms with Crippen molar-refractivity contribution >= 4 is 23.6 Å². The molecule has 0 spiro atoms. The second-order valence-corrected chi connectivity index (χ2v) is 5.64. The Hall–Kier alpha value is -3.28. The standard InChI is InChI=1S/C19H18N2O4/c1-3-25-17-11-13(6-9-16(17)22)10-15-18(23)20-21(19(15)24)14-7-4-12(2)5-8-14/h4-11,22H,3H2,1-2H3,(H,20,23). The molecule has 0 saturated carbocycles. The fourth-order valence-electron chi connectivity index (χ4n) is 2.49. The van der Waals surface area contributed by atoms with Crippen LogP contribution in [0.2, 0.25) is 0 Å². The lowest BCUT2D eigenvalue weighted by Crippen LogP contribution is -2.35. The predicted octanol–water partition coefficient (Wildman–Crippen LogP) is 2.56. The third-order valence-electron chi connectivity index (χ3n) is 3.78. The Bertz CT molecular complexity index is 856. The predicted molar refractivity (Wildman–Crippen MR) is 94.1 cm³/mol. The van der Waals surface area contributed by atoms with Gasteiger partial charge in [-0.2, -0.15) is 0 Å². The fourth-order valence-corrected chi connectivity index (χ4v) is 2.49. The summed E-state index contributed by atoms with van der Waals surface area (Å²) in [5.74, 6) is -0.595. The van der Waals surface area contributed by atoms with Crippen molar-refractivity contribution in [1.29, 1.82) is 0 Å². The van der Waals surface area contributed by atoms with E-state index in [4.69, 9.17) is 4.74 Å². The summed E-state index contributed by atoms with van der Waals surface area (Å²) in [6, 6.07) is 11.9. The van der Waals surface area contributed by atoms with E-state index in [9.17, 15) is 14.7 Å². The van der Waals surface area contributed by atoms with Gasteiger partial charge in [-0.05, 0) is 49.8 Å². The van der Waals surface area contributed by atoms with E-state index in [-0.39, 0.29) is 11.3 Å². The number of aromatic hydroxyl groups is 1. The van der Waals surface area contributed by atoms with Crippen LogP contribution in [0.1, 0.15) is 18.1 Å². The zero-order chi connectivity index (χ0) is 18.0. The molecule has 6 nitrogen and oxygen atoms in total. The lowest BCUT2D eigenvalue weighted by atomic mass is 10.1.